The van der Waals surface area contributed by atoms with Crippen LogP contribution in [0.5, 0.6) is 0 Å². The van der Waals surface area contributed by atoms with E-state index >= 15 is 0 Å². The van der Waals surface area contributed by atoms with E-state index in [4.69, 9.17) is 19.0 Å². The van der Waals surface area contributed by atoms with Crippen LogP contribution in [0.1, 0.15) is 6.92 Å². The Balaban J connectivity index is 2.19. The average Bonchev–Trinajstić information content (AvgIpc) is 2.93. The number of aliphatic hydroxyl groups excluding tert-OH is 2. The topological polar surface area (TPSA) is 260 Å². The van der Waals surface area contributed by atoms with Gasteiger partial charge in [0.15, 0.2) is 18.5 Å². The molecule has 2 rings (SSSR count). The predicted molar refractivity (Wildman–Crippen MR) is 102 cm³/mol. The molecule has 6 atom stereocenters. The number of amides is 1. The second kappa shape index (κ2) is 10.4. The Morgan fingerprint density at radius 2 is 1.85 bits per heavy atom. The van der Waals surface area contributed by atoms with Gasteiger partial charge in [-0.25, -0.2) is 23.5 Å². The van der Waals surface area contributed by atoms with Crippen molar-refractivity contribution in [1.29, 1.82) is 0 Å². The zero-order chi connectivity index (χ0) is 25.2. The van der Waals surface area contributed by atoms with Crippen LogP contribution in [0.3, 0.4) is 0 Å². The summed E-state index contributed by atoms with van der Waals surface area (Å²) < 4.78 is 56.6. The summed E-state index contributed by atoms with van der Waals surface area (Å²) in [6.07, 6.45) is -5.30. The van der Waals surface area contributed by atoms with Crippen molar-refractivity contribution in [3.05, 3.63) is 18.1 Å². The monoisotopic (exact) mass is 537 g/mol. The van der Waals surface area contributed by atoms with E-state index in [1.165, 1.54) is 18.9 Å². The number of amidine groups is 1. The minimum atomic E-state index is -5.72. The third-order valence-electron chi connectivity index (χ3n) is 3.60. The minimum Gasteiger partial charge on any atom is -0.385 e. The van der Waals surface area contributed by atoms with Gasteiger partial charge in [0.2, 0.25) is 11.7 Å². The molecule has 2 unspecified atom stereocenters. The molecular weight excluding hydrogens is 519 g/mol. The van der Waals surface area contributed by atoms with Gasteiger partial charge in [-0.2, -0.15) is 8.62 Å². The van der Waals surface area contributed by atoms with E-state index in [0.29, 0.717) is 7.11 Å². The largest absolute Gasteiger partial charge is 0.490 e. The molecule has 0 radical (unpaired) electrons. The molecule has 186 valence electrons. The van der Waals surface area contributed by atoms with Crippen LogP contribution in [-0.2, 0) is 45.7 Å². The van der Waals surface area contributed by atoms with Gasteiger partial charge in [-0.05, 0) is 6.08 Å². The Kier molecular flexibility index (Phi) is 8.68. The number of nitrogens with one attached hydrogen (secondary N) is 1. The van der Waals surface area contributed by atoms with Crippen LogP contribution in [0, 0.1) is 0 Å². The van der Waals surface area contributed by atoms with Gasteiger partial charge in [-0.15, -0.1) is 0 Å². The highest BCUT2D eigenvalue weighted by atomic mass is 31.3. The number of rotatable bonds is 8. The molecule has 2 heterocycles. The molecule has 0 bridgehead atoms. The first-order chi connectivity index (χ1) is 15.1. The van der Waals surface area contributed by atoms with Gasteiger partial charge < -0.3 is 34.9 Å². The van der Waals surface area contributed by atoms with Crippen molar-refractivity contribution < 1.29 is 70.6 Å². The highest BCUT2D eigenvalue weighted by Gasteiger charge is 2.52. The second-order valence-corrected chi connectivity index (χ2v) is 10.8. The zero-order valence-electron chi connectivity index (χ0n) is 16.5. The van der Waals surface area contributed by atoms with E-state index in [2.05, 4.69) is 23.5 Å². The molecule has 2 aliphatic heterocycles. The molecule has 0 spiro atoms. The van der Waals surface area contributed by atoms with Crippen LogP contribution in [0.15, 0.2) is 23.1 Å². The molecule has 0 aromatic carbocycles. The Hall–Kier alpha value is -1.58. The van der Waals surface area contributed by atoms with E-state index in [9.17, 15) is 38.4 Å². The fraction of sp³-hybridized carbons (Fsp3) is 0.500. The van der Waals surface area contributed by atoms with Gasteiger partial charge in [0.1, 0.15) is 18.0 Å². The molecule has 2 aliphatic rings. The number of hydrogen-bond donors (Lipinski definition) is 6. The van der Waals surface area contributed by atoms with Crippen LogP contribution in [0.2, 0.25) is 0 Å². The number of hydrogen-bond acceptors (Lipinski definition) is 14. The van der Waals surface area contributed by atoms with Crippen molar-refractivity contribution in [2.24, 2.45) is 4.99 Å². The number of phosphoric ester groups is 1. The Bertz CT molecular complexity index is 1030. The number of carbonyl (C=O) groups excluding carboxylic acids is 2. The molecule has 1 saturated heterocycles. The molecule has 1 amide bonds. The third-order valence-corrected chi connectivity index (χ3v) is 7.81. The van der Waals surface area contributed by atoms with Crippen molar-refractivity contribution in [2.45, 2.75) is 31.6 Å². The lowest BCUT2D eigenvalue weighted by atomic mass is 10.2. The molecule has 18 nitrogen and oxygen atoms in total. The van der Waals surface area contributed by atoms with Crippen LogP contribution in [0.25, 0.3) is 0 Å². The smallest absolute Gasteiger partial charge is 0.385 e. The van der Waals surface area contributed by atoms with Crippen LogP contribution in [0.4, 0.5) is 0 Å². The van der Waals surface area contributed by atoms with Crippen LogP contribution in [-0.4, -0.2) is 79.3 Å². The molecule has 0 aliphatic carbocycles. The Morgan fingerprint density at radius 3 is 2.36 bits per heavy atom. The number of phosphoric acid groups is 3. The SMILES string of the molecule is COP(=O)(O[C@H]1O[C@@H](N2C=CC(NC(C)=O)=NC2=C=O)[C@H](O)[C@@H]1O)OP(=O)(O)OP(=O)(O)O. The van der Waals surface area contributed by atoms with E-state index in [1.54, 1.807) is 0 Å². The number of nitrogens with zero attached hydrogens (tertiary/aromatic N) is 2. The van der Waals surface area contributed by atoms with Gasteiger partial charge in [0, 0.05) is 20.2 Å². The summed E-state index contributed by atoms with van der Waals surface area (Å²) in [5.41, 5.74) is 0. The first-order valence-corrected chi connectivity index (χ1v) is 12.8. The maximum absolute atomic E-state index is 12.5. The first-order valence-electron chi connectivity index (χ1n) is 8.34. The summed E-state index contributed by atoms with van der Waals surface area (Å²) in [4.78, 5) is 53.6. The Morgan fingerprint density at radius 1 is 1.21 bits per heavy atom. The molecular formula is C12H18N3O15P3. The molecule has 33 heavy (non-hydrogen) atoms. The highest BCUT2D eigenvalue weighted by molar-refractivity contribution is 7.66. The maximum Gasteiger partial charge on any atom is 0.490 e. The fourth-order valence-corrected chi connectivity index (χ4v) is 5.81. The van der Waals surface area contributed by atoms with E-state index < -0.39 is 59.9 Å². The van der Waals surface area contributed by atoms with Crippen molar-refractivity contribution in [3.8, 4) is 0 Å². The summed E-state index contributed by atoms with van der Waals surface area (Å²) in [6.45, 7) is 1.18. The van der Waals surface area contributed by atoms with Gasteiger partial charge in [0.05, 0.1) is 0 Å². The molecule has 0 aromatic rings. The Labute approximate surface area is 184 Å². The number of ether oxygens (including phenoxy) is 1. The van der Waals surface area contributed by atoms with Gasteiger partial charge in [-0.1, -0.05) is 0 Å². The second-order valence-electron chi connectivity index (χ2n) is 6.06. The van der Waals surface area contributed by atoms with E-state index in [1.807, 2.05) is 0 Å². The lowest BCUT2D eigenvalue weighted by molar-refractivity contribution is -0.140. The van der Waals surface area contributed by atoms with Gasteiger partial charge >= 0.3 is 23.5 Å². The van der Waals surface area contributed by atoms with Crippen molar-refractivity contribution >= 4 is 41.2 Å². The maximum atomic E-state index is 12.5. The number of carbonyl (C=O) groups is 1. The standard InChI is InChI=1S/C12H18N3O15P3/c1-6(17)13-7-3-4-15(8(5-16)14-7)11-9(18)10(19)12(27-11)28-33(25,26-2)30-32(23,24)29-31(20,21)22/h3-4,9-12,18-19H,1-2H3,(H,23,24)(H,13,14,17)(H2,20,21,22)/t9-,10+,11-,12-,33?/m1/s1. The molecule has 6 N–H and O–H groups in total. The van der Waals surface area contributed by atoms with Crippen molar-refractivity contribution in [2.75, 3.05) is 7.11 Å². The highest BCUT2D eigenvalue weighted by Crippen LogP contribution is 2.68. The molecule has 21 heteroatoms. The van der Waals surface area contributed by atoms with Crippen molar-refractivity contribution in [3.63, 3.8) is 0 Å². The summed E-state index contributed by atoms with van der Waals surface area (Å²) in [5, 5.41) is 22.7. The zero-order valence-corrected chi connectivity index (χ0v) is 19.2. The van der Waals surface area contributed by atoms with Crippen LogP contribution < -0.4 is 5.32 Å². The molecule has 0 aromatic heterocycles. The fourth-order valence-electron chi connectivity index (χ4n) is 2.41. The quantitative estimate of drug-likeness (QED) is 0.151. The number of aliphatic hydroxyl groups is 2. The molecule has 0 saturated carbocycles. The van der Waals surface area contributed by atoms with Gasteiger partial charge in [0.25, 0.3) is 0 Å². The van der Waals surface area contributed by atoms with E-state index in [0.717, 1.165) is 11.1 Å². The van der Waals surface area contributed by atoms with Gasteiger partial charge in [-0.3, -0.25) is 18.7 Å². The normalized spacial score (nSPS) is 29.1. The number of aliphatic imine (C=N–C) groups is 1. The summed E-state index contributed by atoms with van der Waals surface area (Å²) in [7, 11) is -15.9. The summed E-state index contributed by atoms with van der Waals surface area (Å²) in [5.74, 6) is 0.347. The van der Waals surface area contributed by atoms with E-state index in [-0.39, 0.29) is 5.84 Å². The lowest BCUT2D eigenvalue weighted by Crippen LogP contribution is -2.43. The minimum absolute atomic E-state index is 0.0565. The summed E-state index contributed by atoms with van der Waals surface area (Å²) >= 11 is 0. The van der Waals surface area contributed by atoms with Crippen molar-refractivity contribution in [1.82, 2.24) is 10.2 Å². The third kappa shape index (κ3) is 7.45. The molecule has 1 fully saturated rings. The lowest BCUT2D eigenvalue weighted by Gasteiger charge is -2.29. The predicted octanol–water partition coefficient (Wildman–Crippen LogP) is -1.58. The average molecular weight is 537 g/mol. The summed E-state index contributed by atoms with van der Waals surface area (Å²) in [6, 6.07) is 0. The first kappa shape index (κ1) is 27.7. The van der Waals surface area contributed by atoms with Crippen LogP contribution >= 0.6 is 23.5 Å².